The third-order valence-electron chi connectivity index (χ3n) is 8.58. The monoisotopic (exact) mass is 437 g/mol. The Kier molecular flexibility index (Phi) is 4.79. The molecule has 1 aromatic rings. The first kappa shape index (κ1) is 20.2. The Balaban J connectivity index is 1.22. The number of ether oxygens (including phenoxy) is 1. The Bertz CT molecular complexity index is 976. The highest BCUT2D eigenvalue weighted by atomic mass is 16.5. The topological polar surface area (TPSA) is 79.0 Å². The van der Waals surface area contributed by atoms with E-state index in [4.69, 9.17) is 4.74 Å². The van der Waals surface area contributed by atoms with Gasteiger partial charge in [0.25, 0.3) is 5.91 Å². The molecule has 1 N–H and O–H groups in total. The molecule has 1 aromatic carbocycles. The van der Waals surface area contributed by atoms with Crippen molar-refractivity contribution < 1.29 is 19.1 Å². The van der Waals surface area contributed by atoms with Crippen LogP contribution in [0.25, 0.3) is 0 Å². The summed E-state index contributed by atoms with van der Waals surface area (Å²) in [5.74, 6) is 0.110. The molecular formula is C25H31N3O4. The van der Waals surface area contributed by atoms with Gasteiger partial charge in [-0.25, -0.2) is 0 Å². The number of nitrogens with one attached hydrogen (secondary N) is 1. The Labute approximate surface area is 188 Å². The van der Waals surface area contributed by atoms with Crippen molar-refractivity contribution in [3.8, 4) is 5.75 Å². The van der Waals surface area contributed by atoms with Gasteiger partial charge in [0.15, 0.2) is 0 Å². The van der Waals surface area contributed by atoms with Crippen LogP contribution >= 0.6 is 0 Å². The average molecular weight is 438 g/mol. The molecule has 0 unspecified atom stereocenters. The van der Waals surface area contributed by atoms with Crippen molar-refractivity contribution in [3.63, 3.8) is 0 Å². The average Bonchev–Trinajstić information content (AvgIpc) is 3.33. The summed E-state index contributed by atoms with van der Waals surface area (Å²) >= 11 is 0. The van der Waals surface area contributed by atoms with Crippen molar-refractivity contribution in [3.05, 3.63) is 28.8 Å². The summed E-state index contributed by atoms with van der Waals surface area (Å²) in [4.78, 5) is 41.3. The van der Waals surface area contributed by atoms with Crippen molar-refractivity contribution in [1.82, 2.24) is 15.1 Å². The van der Waals surface area contributed by atoms with Crippen LogP contribution in [-0.2, 0) is 21.5 Å². The number of benzene rings is 1. The number of imide groups is 1. The van der Waals surface area contributed by atoms with Crippen LogP contribution in [0.3, 0.4) is 0 Å². The number of hydrogen-bond donors (Lipinski definition) is 1. The van der Waals surface area contributed by atoms with Gasteiger partial charge in [-0.1, -0.05) is 25.3 Å². The van der Waals surface area contributed by atoms with Crippen LogP contribution in [0.4, 0.5) is 0 Å². The summed E-state index contributed by atoms with van der Waals surface area (Å²) < 4.78 is 6.29. The predicted octanol–water partition coefficient (Wildman–Crippen LogP) is 2.51. The molecular weight excluding hydrogens is 406 g/mol. The zero-order valence-corrected chi connectivity index (χ0v) is 18.5. The van der Waals surface area contributed by atoms with E-state index in [-0.39, 0.29) is 29.6 Å². The largest absolute Gasteiger partial charge is 0.492 e. The zero-order valence-electron chi connectivity index (χ0n) is 18.5. The second-order valence-electron chi connectivity index (χ2n) is 10.3. The van der Waals surface area contributed by atoms with E-state index < -0.39 is 6.04 Å². The number of amides is 3. The van der Waals surface area contributed by atoms with Gasteiger partial charge in [-0.15, -0.1) is 0 Å². The minimum Gasteiger partial charge on any atom is -0.492 e. The summed E-state index contributed by atoms with van der Waals surface area (Å²) in [6.07, 6.45) is 9.64. The maximum absolute atomic E-state index is 13.1. The highest BCUT2D eigenvalue weighted by Gasteiger charge is 2.48. The molecule has 2 saturated heterocycles. The SMILES string of the molecule is O=C1CC[C@H](N2Cc3c(ccc4c3OCC43CCN(C4CCCCC4)CC3)C2=O)C(=O)N1. The van der Waals surface area contributed by atoms with E-state index >= 15 is 0 Å². The van der Waals surface area contributed by atoms with Crippen LogP contribution in [-0.4, -0.2) is 59.3 Å². The summed E-state index contributed by atoms with van der Waals surface area (Å²) in [7, 11) is 0. The summed E-state index contributed by atoms with van der Waals surface area (Å²) in [6, 6.07) is 4.20. The quantitative estimate of drug-likeness (QED) is 0.720. The first-order valence-electron chi connectivity index (χ1n) is 12.2. The fraction of sp³-hybridized carbons (Fsp3) is 0.640. The van der Waals surface area contributed by atoms with Gasteiger partial charge in [0.05, 0.1) is 13.2 Å². The van der Waals surface area contributed by atoms with Crippen LogP contribution in [0.2, 0.25) is 0 Å². The standard InChI is InChI=1S/C25H31N3O4/c29-21-9-8-20(23(30)26-21)28-14-18-17(24(28)31)6-7-19-22(18)32-15-25(19)10-12-27(13-11-25)16-4-2-1-3-5-16/h6-7,16,20H,1-5,8-15H2,(H,26,29,30)/t20-/m0/s1. The molecule has 1 atom stereocenters. The smallest absolute Gasteiger partial charge is 0.255 e. The number of likely N-dealkylation sites (tertiary alicyclic amines) is 1. The Hall–Kier alpha value is -2.41. The maximum atomic E-state index is 13.1. The van der Waals surface area contributed by atoms with E-state index in [0.717, 1.165) is 43.3 Å². The molecule has 3 fully saturated rings. The van der Waals surface area contributed by atoms with Gasteiger partial charge in [0.2, 0.25) is 11.8 Å². The lowest BCUT2D eigenvalue weighted by Crippen LogP contribution is -2.52. The lowest BCUT2D eigenvalue weighted by molar-refractivity contribution is -0.136. The summed E-state index contributed by atoms with van der Waals surface area (Å²) in [5.41, 5.74) is 2.85. The number of hydrogen-bond acceptors (Lipinski definition) is 5. The molecule has 32 heavy (non-hydrogen) atoms. The second kappa shape index (κ2) is 7.58. The third-order valence-corrected chi connectivity index (χ3v) is 8.58. The molecule has 4 heterocycles. The predicted molar refractivity (Wildman–Crippen MR) is 117 cm³/mol. The summed E-state index contributed by atoms with van der Waals surface area (Å²) in [5, 5.41) is 2.38. The molecule has 7 heteroatoms. The van der Waals surface area contributed by atoms with Gasteiger partial charge in [0.1, 0.15) is 11.8 Å². The van der Waals surface area contributed by atoms with Crippen molar-refractivity contribution in [2.24, 2.45) is 0 Å². The maximum Gasteiger partial charge on any atom is 0.255 e. The molecule has 5 aliphatic rings. The fourth-order valence-electron chi connectivity index (χ4n) is 6.66. The van der Waals surface area contributed by atoms with Crippen molar-refractivity contribution >= 4 is 17.7 Å². The van der Waals surface area contributed by atoms with E-state index in [9.17, 15) is 14.4 Å². The molecule has 6 rings (SSSR count). The normalized spacial score (nSPS) is 27.9. The molecule has 0 radical (unpaired) electrons. The van der Waals surface area contributed by atoms with Crippen LogP contribution in [0.15, 0.2) is 12.1 Å². The number of nitrogens with zero attached hydrogens (tertiary/aromatic N) is 2. The molecule has 1 aliphatic carbocycles. The van der Waals surface area contributed by atoms with Gasteiger partial charge in [-0.3, -0.25) is 19.7 Å². The highest BCUT2D eigenvalue weighted by Crippen LogP contribution is 2.50. The minimum atomic E-state index is -0.586. The van der Waals surface area contributed by atoms with Crippen LogP contribution < -0.4 is 10.1 Å². The molecule has 0 aromatic heterocycles. The molecule has 7 nitrogen and oxygen atoms in total. The number of carbonyl (C=O) groups excluding carboxylic acids is 3. The first-order valence-corrected chi connectivity index (χ1v) is 12.2. The van der Waals surface area contributed by atoms with E-state index in [2.05, 4.69) is 16.3 Å². The fourth-order valence-corrected chi connectivity index (χ4v) is 6.66. The van der Waals surface area contributed by atoms with Gasteiger partial charge in [-0.05, 0) is 51.3 Å². The molecule has 1 spiro atoms. The highest BCUT2D eigenvalue weighted by molar-refractivity contribution is 6.05. The lowest BCUT2D eigenvalue weighted by Gasteiger charge is -2.43. The number of rotatable bonds is 2. The molecule has 4 aliphatic heterocycles. The minimum absolute atomic E-state index is 0.0423. The molecule has 1 saturated carbocycles. The van der Waals surface area contributed by atoms with Gasteiger partial charge >= 0.3 is 0 Å². The second-order valence-corrected chi connectivity index (χ2v) is 10.3. The Morgan fingerprint density at radius 1 is 1.00 bits per heavy atom. The van der Waals surface area contributed by atoms with Crippen LogP contribution in [0, 0.1) is 0 Å². The number of carbonyl (C=O) groups is 3. The zero-order chi connectivity index (χ0) is 21.9. The van der Waals surface area contributed by atoms with Gasteiger partial charge in [0, 0.05) is 34.6 Å². The Morgan fingerprint density at radius 2 is 1.78 bits per heavy atom. The van der Waals surface area contributed by atoms with Crippen molar-refractivity contribution in [2.45, 2.75) is 81.8 Å². The number of piperidine rings is 2. The van der Waals surface area contributed by atoms with E-state index in [0.29, 0.717) is 25.1 Å². The van der Waals surface area contributed by atoms with E-state index in [1.54, 1.807) is 4.90 Å². The van der Waals surface area contributed by atoms with Crippen LogP contribution in [0.5, 0.6) is 5.75 Å². The first-order chi connectivity index (χ1) is 15.6. The van der Waals surface area contributed by atoms with Crippen LogP contribution in [0.1, 0.15) is 79.3 Å². The lowest BCUT2D eigenvalue weighted by atomic mass is 9.73. The van der Waals surface area contributed by atoms with Gasteiger partial charge < -0.3 is 14.5 Å². The summed E-state index contributed by atoms with van der Waals surface area (Å²) in [6.45, 7) is 3.30. The van der Waals surface area contributed by atoms with E-state index in [1.165, 1.54) is 37.7 Å². The molecule has 3 amide bonds. The van der Waals surface area contributed by atoms with Gasteiger partial charge in [-0.2, -0.15) is 0 Å². The van der Waals surface area contributed by atoms with Crippen molar-refractivity contribution in [2.75, 3.05) is 19.7 Å². The van der Waals surface area contributed by atoms with E-state index in [1.807, 2.05) is 6.07 Å². The van der Waals surface area contributed by atoms with Crippen molar-refractivity contribution in [1.29, 1.82) is 0 Å². The Morgan fingerprint density at radius 3 is 2.53 bits per heavy atom. The molecule has 170 valence electrons. The molecule has 0 bridgehead atoms. The number of fused-ring (bicyclic) bond motifs is 4. The third kappa shape index (κ3) is 3.08.